The van der Waals surface area contributed by atoms with Gasteiger partial charge in [-0.05, 0) is 12.1 Å². The molecule has 3 aromatic heterocycles. The Morgan fingerprint density at radius 3 is 2.65 bits per heavy atom. The average Bonchev–Trinajstić information content (AvgIpc) is 3.35. The van der Waals surface area contributed by atoms with Gasteiger partial charge in [0.05, 0.1) is 25.2 Å². The van der Waals surface area contributed by atoms with E-state index in [1.165, 1.54) is 17.6 Å². The summed E-state index contributed by atoms with van der Waals surface area (Å²) in [7, 11) is 2.00. The highest BCUT2D eigenvalue weighted by Gasteiger charge is 2.38. The third kappa shape index (κ3) is 6.04. The van der Waals surface area contributed by atoms with Crippen LogP contribution in [0.3, 0.4) is 0 Å². The Hall–Kier alpha value is -3.41. The first-order valence-corrected chi connectivity index (χ1v) is 9.20. The molecule has 31 heavy (non-hydrogen) atoms. The predicted octanol–water partition coefficient (Wildman–Crippen LogP) is 2.57. The second kappa shape index (κ2) is 9.60. The lowest BCUT2D eigenvalue weighted by atomic mass is 10.1. The number of halogens is 3. The van der Waals surface area contributed by atoms with Gasteiger partial charge in [0.2, 0.25) is 0 Å². The molecule has 3 aromatic rings. The number of carboxylic acid groups (broad SMARTS) is 1. The standard InChI is InChI=1S/C17H19N5O2.C2HF3O2/c1-21-17-4-5-22(9-13-3-2-6-23-13)10-15(17)16(20-21)11-24-14-7-18-12-19-8-14;3-2(4,5)1(6)7/h2-3,6-8,12H,4-5,9-11H2,1H3;(H,6,7). The monoisotopic (exact) mass is 439 g/mol. The molecule has 0 unspecified atom stereocenters. The van der Waals surface area contributed by atoms with Crippen molar-refractivity contribution in [3.8, 4) is 5.75 Å². The summed E-state index contributed by atoms with van der Waals surface area (Å²) < 4.78 is 44.9. The molecule has 1 aliphatic heterocycles. The second-order valence-corrected chi connectivity index (χ2v) is 6.70. The Morgan fingerprint density at radius 2 is 2.03 bits per heavy atom. The molecule has 1 aliphatic rings. The number of nitrogens with zero attached hydrogens (tertiary/aromatic N) is 5. The molecular formula is C19H20F3N5O4. The van der Waals surface area contributed by atoms with Gasteiger partial charge in [-0.15, -0.1) is 0 Å². The van der Waals surface area contributed by atoms with E-state index in [0.29, 0.717) is 12.4 Å². The number of aliphatic carboxylic acids is 1. The molecule has 0 atom stereocenters. The van der Waals surface area contributed by atoms with E-state index in [2.05, 4.69) is 20.0 Å². The van der Waals surface area contributed by atoms with Crippen LogP contribution in [-0.4, -0.2) is 48.4 Å². The molecule has 0 spiro atoms. The number of aromatic nitrogens is 4. The first-order chi connectivity index (χ1) is 14.7. The average molecular weight is 439 g/mol. The third-order valence-electron chi connectivity index (χ3n) is 4.52. The van der Waals surface area contributed by atoms with E-state index in [9.17, 15) is 13.2 Å². The van der Waals surface area contributed by atoms with Crippen molar-refractivity contribution in [2.45, 2.75) is 32.3 Å². The summed E-state index contributed by atoms with van der Waals surface area (Å²) in [5.41, 5.74) is 3.52. The molecular weight excluding hydrogens is 419 g/mol. The third-order valence-corrected chi connectivity index (χ3v) is 4.52. The maximum atomic E-state index is 10.6. The molecule has 12 heteroatoms. The van der Waals surface area contributed by atoms with Gasteiger partial charge in [0.25, 0.3) is 0 Å². The van der Waals surface area contributed by atoms with Gasteiger partial charge in [0.15, 0.2) is 5.75 Å². The topological polar surface area (TPSA) is 107 Å². The van der Waals surface area contributed by atoms with Crippen molar-refractivity contribution >= 4 is 5.97 Å². The highest BCUT2D eigenvalue weighted by molar-refractivity contribution is 5.73. The fraction of sp³-hybridized carbons (Fsp3) is 0.368. The highest BCUT2D eigenvalue weighted by atomic mass is 19.4. The lowest BCUT2D eigenvalue weighted by Gasteiger charge is -2.26. The van der Waals surface area contributed by atoms with Gasteiger partial charge in [0, 0.05) is 37.8 Å². The number of rotatable bonds is 5. The summed E-state index contributed by atoms with van der Waals surface area (Å²) in [6, 6.07) is 3.94. The molecule has 0 aromatic carbocycles. The maximum Gasteiger partial charge on any atom is 0.490 e. The number of hydrogen-bond donors (Lipinski definition) is 1. The first-order valence-electron chi connectivity index (χ1n) is 9.20. The minimum absolute atomic E-state index is 0.422. The van der Waals surface area contributed by atoms with Crippen molar-refractivity contribution in [3.63, 3.8) is 0 Å². The van der Waals surface area contributed by atoms with Crippen LogP contribution >= 0.6 is 0 Å². The molecule has 0 saturated carbocycles. The number of aryl methyl sites for hydroxylation is 1. The fourth-order valence-corrected chi connectivity index (χ4v) is 3.11. The Kier molecular flexibility index (Phi) is 6.90. The van der Waals surface area contributed by atoms with Gasteiger partial charge in [-0.2, -0.15) is 18.3 Å². The van der Waals surface area contributed by atoms with E-state index < -0.39 is 12.1 Å². The van der Waals surface area contributed by atoms with Crippen molar-refractivity contribution in [1.29, 1.82) is 0 Å². The molecule has 0 radical (unpaired) electrons. The van der Waals surface area contributed by atoms with Crippen LogP contribution in [0.15, 0.2) is 41.5 Å². The Labute approximate surface area is 175 Å². The normalized spacial score (nSPS) is 13.8. The highest BCUT2D eigenvalue weighted by Crippen LogP contribution is 2.24. The number of ether oxygens (including phenoxy) is 1. The van der Waals surface area contributed by atoms with Gasteiger partial charge in [-0.25, -0.2) is 14.8 Å². The number of alkyl halides is 3. The molecule has 166 valence electrons. The minimum Gasteiger partial charge on any atom is -0.484 e. The van der Waals surface area contributed by atoms with E-state index in [0.717, 1.165) is 37.5 Å². The number of furan rings is 1. The van der Waals surface area contributed by atoms with Gasteiger partial charge in [-0.1, -0.05) is 0 Å². The zero-order valence-electron chi connectivity index (χ0n) is 16.5. The van der Waals surface area contributed by atoms with Gasteiger partial charge in [0.1, 0.15) is 24.4 Å². The summed E-state index contributed by atoms with van der Waals surface area (Å²) in [6.45, 7) is 3.09. The smallest absolute Gasteiger partial charge is 0.484 e. The van der Waals surface area contributed by atoms with Crippen molar-refractivity contribution in [3.05, 3.63) is 59.8 Å². The summed E-state index contributed by atoms with van der Waals surface area (Å²) in [4.78, 5) is 19.2. The zero-order valence-corrected chi connectivity index (χ0v) is 16.5. The zero-order chi connectivity index (χ0) is 22.4. The lowest BCUT2D eigenvalue weighted by Crippen LogP contribution is -2.30. The van der Waals surface area contributed by atoms with Crippen LogP contribution < -0.4 is 4.74 Å². The summed E-state index contributed by atoms with van der Waals surface area (Å²) >= 11 is 0. The van der Waals surface area contributed by atoms with Crippen LogP contribution in [-0.2, 0) is 38.0 Å². The SMILES string of the molecule is Cn1nc(COc2cncnc2)c2c1CCN(Cc1ccco1)C2.O=C(O)C(F)(F)F. The van der Waals surface area contributed by atoms with Crippen LogP contribution in [0.5, 0.6) is 5.75 Å². The van der Waals surface area contributed by atoms with E-state index in [-0.39, 0.29) is 0 Å². The van der Waals surface area contributed by atoms with E-state index >= 15 is 0 Å². The van der Waals surface area contributed by atoms with Crippen molar-refractivity contribution in [1.82, 2.24) is 24.6 Å². The fourth-order valence-electron chi connectivity index (χ4n) is 3.11. The summed E-state index contributed by atoms with van der Waals surface area (Å²) in [5, 5.41) is 11.8. The largest absolute Gasteiger partial charge is 0.490 e. The van der Waals surface area contributed by atoms with Gasteiger partial charge in [-0.3, -0.25) is 9.58 Å². The number of carboxylic acids is 1. The van der Waals surface area contributed by atoms with E-state index in [1.54, 1.807) is 18.7 Å². The Morgan fingerprint density at radius 1 is 1.32 bits per heavy atom. The van der Waals surface area contributed by atoms with Crippen LogP contribution in [0.2, 0.25) is 0 Å². The molecule has 9 nitrogen and oxygen atoms in total. The molecule has 4 rings (SSSR count). The van der Waals surface area contributed by atoms with Crippen molar-refractivity contribution in [2.24, 2.45) is 7.05 Å². The second-order valence-electron chi connectivity index (χ2n) is 6.70. The number of hydrogen-bond acceptors (Lipinski definition) is 7. The minimum atomic E-state index is -5.08. The lowest BCUT2D eigenvalue weighted by molar-refractivity contribution is -0.192. The van der Waals surface area contributed by atoms with Crippen LogP contribution in [0, 0.1) is 0 Å². The summed E-state index contributed by atoms with van der Waals surface area (Å²) in [6.07, 6.45) is 2.42. The Bertz CT molecular complexity index is 990. The molecule has 1 N–H and O–H groups in total. The van der Waals surface area contributed by atoms with E-state index in [4.69, 9.17) is 19.1 Å². The molecule has 0 saturated heterocycles. The van der Waals surface area contributed by atoms with Gasteiger partial charge < -0.3 is 14.3 Å². The molecule has 4 heterocycles. The van der Waals surface area contributed by atoms with Crippen LogP contribution in [0.1, 0.15) is 22.7 Å². The summed E-state index contributed by atoms with van der Waals surface area (Å²) in [5.74, 6) is -1.12. The predicted molar refractivity (Wildman–Crippen MR) is 99.8 cm³/mol. The van der Waals surface area contributed by atoms with E-state index in [1.807, 2.05) is 23.9 Å². The number of carbonyl (C=O) groups is 1. The Balaban J connectivity index is 0.000000339. The quantitative estimate of drug-likeness (QED) is 0.647. The van der Waals surface area contributed by atoms with Crippen molar-refractivity contribution in [2.75, 3.05) is 6.54 Å². The van der Waals surface area contributed by atoms with Crippen LogP contribution in [0.25, 0.3) is 0 Å². The molecule has 0 amide bonds. The number of fused-ring (bicyclic) bond motifs is 1. The molecule has 0 bridgehead atoms. The first kappa shape index (κ1) is 22.3. The van der Waals surface area contributed by atoms with Crippen LogP contribution in [0.4, 0.5) is 13.2 Å². The van der Waals surface area contributed by atoms with Gasteiger partial charge >= 0.3 is 12.1 Å². The maximum absolute atomic E-state index is 10.6. The van der Waals surface area contributed by atoms with Crippen molar-refractivity contribution < 1.29 is 32.2 Å². The molecule has 0 fully saturated rings. The molecule has 0 aliphatic carbocycles.